The van der Waals surface area contributed by atoms with Gasteiger partial charge in [-0.3, -0.25) is 9.69 Å². The summed E-state index contributed by atoms with van der Waals surface area (Å²) in [5.74, 6) is -0.733. The summed E-state index contributed by atoms with van der Waals surface area (Å²) in [6.45, 7) is 1.24. The molecule has 0 N–H and O–H groups in total. The van der Waals surface area contributed by atoms with Crippen molar-refractivity contribution in [3.05, 3.63) is 65.2 Å². The third-order valence-corrected chi connectivity index (χ3v) is 4.81. The molecule has 3 amide bonds. The van der Waals surface area contributed by atoms with E-state index >= 15 is 0 Å². The van der Waals surface area contributed by atoms with E-state index in [-0.39, 0.29) is 12.4 Å². The summed E-state index contributed by atoms with van der Waals surface area (Å²) in [7, 11) is 1.34. The first-order valence-corrected chi connectivity index (χ1v) is 8.39. The zero-order chi connectivity index (χ0) is 21.4. The average Bonchev–Trinajstić information content (AvgIpc) is 2.89. The van der Waals surface area contributed by atoms with Crippen molar-refractivity contribution in [2.24, 2.45) is 0 Å². The quantitative estimate of drug-likeness (QED) is 0.732. The van der Waals surface area contributed by atoms with Crippen molar-refractivity contribution in [2.75, 3.05) is 18.7 Å². The number of benzene rings is 2. The summed E-state index contributed by atoms with van der Waals surface area (Å²) in [6.07, 6.45) is -4.82. The Kier molecular flexibility index (Phi) is 5.07. The fourth-order valence-electron chi connectivity index (χ4n) is 3.27. The lowest BCUT2D eigenvalue weighted by Gasteiger charge is -2.31. The lowest BCUT2D eigenvalue weighted by atomic mass is 9.90. The Morgan fingerprint density at radius 3 is 2.41 bits per heavy atom. The second kappa shape index (κ2) is 7.22. The number of nitriles is 1. The third-order valence-electron chi connectivity index (χ3n) is 4.81. The van der Waals surface area contributed by atoms with Gasteiger partial charge in [0.1, 0.15) is 12.3 Å². The molecule has 1 fully saturated rings. The van der Waals surface area contributed by atoms with Crippen LogP contribution in [0.5, 0.6) is 0 Å². The number of halogens is 3. The minimum Gasteiger partial charge on any atom is -0.364 e. The second-order valence-corrected chi connectivity index (χ2v) is 6.47. The Bertz CT molecular complexity index is 1000. The predicted molar refractivity (Wildman–Crippen MR) is 95.4 cm³/mol. The van der Waals surface area contributed by atoms with Crippen molar-refractivity contribution in [2.45, 2.75) is 18.6 Å². The normalized spacial score (nSPS) is 19.6. The molecule has 2 aromatic rings. The molecule has 1 unspecified atom stereocenters. The number of urea groups is 1. The van der Waals surface area contributed by atoms with E-state index in [9.17, 15) is 22.8 Å². The molecule has 6 nitrogen and oxygen atoms in total. The molecule has 0 aliphatic carbocycles. The molecule has 3 rings (SSSR count). The van der Waals surface area contributed by atoms with Crippen LogP contribution in [0.25, 0.3) is 0 Å². The van der Waals surface area contributed by atoms with Gasteiger partial charge in [-0.1, -0.05) is 24.3 Å². The second-order valence-electron chi connectivity index (χ2n) is 6.47. The molecule has 2 aromatic carbocycles. The molecule has 29 heavy (non-hydrogen) atoms. The molecule has 0 spiro atoms. The lowest BCUT2D eigenvalue weighted by molar-refractivity contribution is -0.137. The van der Waals surface area contributed by atoms with Gasteiger partial charge in [-0.05, 0) is 36.8 Å². The van der Waals surface area contributed by atoms with E-state index in [1.165, 1.54) is 20.1 Å². The van der Waals surface area contributed by atoms with Gasteiger partial charge in [0.15, 0.2) is 0 Å². The van der Waals surface area contributed by atoms with Crippen LogP contribution in [0.1, 0.15) is 23.6 Å². The highest BCUT2D eigenvalue weighted by atomic mass is 19.4. The van der Waals surface area contributed by atoms with Crippen molar-refractivity contribution in [3.63, 3.8) is 0 Å². The number of ether oxygens (including phenoxy) is 1. The van der Waals surface area contributed by atoms with Gasteiger partial charge in [-0.15, -0.1) is 0 Å². The Balaban J connectivity index is 2.16. The van der Waals surface area contributed by atoms with Gasteiger partial charge < -0.3 is 4.74 Å². The number of carbonyl (C=O) groups is 2. The summed E-state index contributed by atoms with van der Waals surface area (Å²) >= 11 is 0. The first kappa shape index (κ1) is 20.4. The first-order chi connectivity index (χ1) is 13.7. The Labute approximate surface area is 164 Å². The number of methoxy groups -OCH3 is 1. The maximum atomic E-state index is 13.3. The van der Waals surface area contributed by atoms with Crippen LogP contribution in [-0.4, -0.2) is 30.7 Å². The van der Waals surface area contributed by atoms with Crippen molar-refractivity contribution >= 4 is 17.6 Å². The first-order valence-electron chi connectivity index (χ1n) is 8.39. The van der Waals surface area contributed by atoms with Gasteiger partial charge in [-0.2, -0.15) is 18.4 Å². The monoisotopic (exact) mass is 402 g/mol. The number of carbonyl (C=O) groups excluding carboxylic acids is 2. The van der Waals surface area contributed by atoms with Gasteiger partial charge in [-0.25, -0.2) is 9.69 Å². The molecular weight excluding hydrogens is 387 g/mol. The van der Waals surface area contributed by atoms with E-state index in [0.717, 1.165) is 17.0 Å². The zero-order valence-corrected chi connectivity index (χ0v) is 15.4. The third kappa shape index (κ3) is 3.21. The van der Waals surface area contributed by atoms with Crippen LogP contribution >= 0.6 is 0 Å². The highest BCUT2D eigenvalue weighted by Crippen LogP contribution is 2.41. The van der Waals surface area contributed by atoms with Gasteiger partial charge in [0, 0.05) is 7.11 Å². The van der Waals surface area contributed by atoms with Gasteiger partial charge in [0.2, 0.25) is 0 Å². The largest absolute Gasteiger partial charge is 0.417 e. The van der Waals surface area contributed by atoms with Crippen molar-refractivity contribution in [1.82, 2.24) is 4.90 Å². The summed E-state index contributed by atoms with van der Waals surface area (Å²) in [5.41, 5.74) is -3.14. The molecule has 1 atom stereocenters. The van der Waals surface area contributed by atoms with E-state index in [2.05, 4.69) is 6.07 Å². The van der Waals surface area contributed by atoms with Crippen LogP contribution in [0.3, 0.4) is 0 Å². The van der Waals surface area contributed by atoms with E-state index in [4.69, 9.17) is 10.00 Å². The van der Waals surface area contributed by atoms with E-state index in [1.807, 2.05) is 0 Å². The smallest absolute Gasteiger partial charge is 0.364 e. The number of alkyl halides is 3. The molecule has 0 bridgehead atoms. The van der Waals surface area contributed by atoms with Gasteiger partial charge in [0.25, 0.3) is 5.91 Å². The number of anilines is 1. The maximum absolute atomic E-state index is 13.3. The highest BCUT2D eigenvalue weighted by Gasteiger charge is 2.56. The Morgan fingerprint density at radius 1 is 1.21 bits per heavy atom. The van der Waals surface area contributed by atoms with Crippen LogP contribution < -0.4 is 4.90 Å². The zero-order valence-electron chi connectivity index (χ0n) is 15.4. The minimum atomic E-state index is -4.82. The van der Waals surface area contributed by atoms with Crippen LogP contribution in [0, 0.1) is 17.4 Å². The molecule has 1 aliphatic heterocycles. The summed E-state index contributed by atoms with van der Waals surface area (Å²) < 4.78 is 45.1. The Morgan fingerprint density at radius 2 is 1.86 bits per heavy atom. The maximum Gasteiger partial charge on any atom is 0.417 e. The molecule has 0 aromatic heterocycles. The number of rotatable bonds is 4. The average molecular weight is 402 g/mol. The molecular formula is C20H15F3N3O3. The molecule has 0 saturated carbocycles. The van der Waals surface area contributed by atoms with Crippen LogP contribution in [-0.2, 0) is 21.2 Å². The topological polar surface area (TPSA) is 73.6 Å². The summed E-state index contributed by atoms with van der Waals surface area (Å²) in [5, 5.41) is 8.96. The molecule has 1 radical (unpaired) electrons. The SMILES string of the molecule is COCN1C(=O)N(c2ccc(C#N)c(C(F)(F)F)c2)C(=O)C1(C)c1cc[c]cc1. The van der Waals surface area contributed by atoms with E-state index in [1.54, 1.807) is 24.3 Å². The van der Waals surface area contributed by atoms with Crippen LogP contribution in [0.2, 0.25) is 0 Å². The highest BCUT2D eigenvalue weighted by molar-refractivity contribution is 6.23. The van der Waals surface area contributed by atoms with Crippen molar-refractivity contribution in [1.29, 1.82) is 5.26 Å². The molecule has 1 aliphatic rings. The van der Waals surface area contributed by atoms with Gasteiger partial charge >= 0.3 is 12.2 Å². The number of hydrogen-bond donors (Lipinski definition) is 0. The summed E-state index contributed by atoms with van der Waals surface area (Å²) in [4.78, 5) is 28.1. The van der Waals surface area contributed by atoms with Crippen LogP contribution in [0.15, 0.2) is 42.5 Å². The fourth-order valence-corrected chi connectivity index (χ4v) is 3.27. The number of nitrogens with zero attached hydrogens (tertiary/aromatic N) is 3. The molecule has 149 valence electrons. The number of amides is 3. The molecule has 1 heterocycles. The van der Waals surface area contributed by atoms with Gasteiger partial charge in [0.05, 0.1) is 22.9 Å². The summed E-state index contributed by atoms with van der Waals surface area (Å²) in [6, 6.07) is 12.5. The minimum absolute atomic E-state index is 0.251. The van der Waals surface area contributed by atoms with E-state index in [0.29, 0.717) is 16.5 Å². The van der Waals surface area contributed by atoms with E-state index < -0.39 is 34.8 Å². The standard InChI is InChI=1S/C20H15F3N3O3/c1-19(14-6-4-3-5-7-14)17(27)26(18(28)25(19)12-29-2)15-9-8-13(11-24)16(10-15)20(21,22)23/h4-10H,12H2,1-2H3. The van der Waals surface area contributed by atoms with Crippen molar-refractivity contribution in [3.8, 4) is 6.07 Å². The lowest BCUT2D eigenvalue weighted by Crippen LogP contribution is -2.45. The fraction of sp³-hybridized carbons (Fsp3) is 0.250. The predicted octanol–water partition coefficient (Wildman–Crippen LogP) is 3.67. The Hall–Kier alpha value is -3.38. The van der Waals surface area contributed by atoms with Crippen LogP contribution in [0.4, 0.5) is 23.7 Å². The number of hydrogen-bond acceptors (Lipinski definition) is 4. The molecule has 9 heteroatoms. The van der Waals surface area contributed by atoms with Crippen molar-refractivity contribution < 1.29 is 27.5 Å². The molecule has 1 saturated heterocycles. The number of imide groups is 1.